The number of nitrogens with one attached hydrogen (secondary N) is 1. The van der Waals surface area contributed by atoms with Gasteiger partial charge < -0.3 is 20.9 Å². The first kappa shape index (κ1) is 17.8. The van der Waals surface area contributed by atoms with Gasteiger partial charge in [-0.15, -0.1) is 0 Å². The van der Waals surface area contributed by atoms with Gasteiger partial charge in [0.25, 0.3) is 0 Å². The molecule has 0 spiro atoms. The van der Waals surface area contributed by atoms with Crippen molar-refractivity contribution in [1.82, 2.24) is 15.1 Å². The minimum absolute atomic E-state index is 0.0168. The van der Waals surface area contributed by atoms with Crippen LogP contribution in [0.4, 0.5) is 4.79 Å². The summed E-state index contributed by atoms with van der Waals surface area (Å²) in [5, 5.41) is 3.02. The zero-order valence-corrected chi connectivity index (χ0v) is 14.4. The molecular weight excluding hydrogens is 288 g/mol. The van der Waals surface area contributed by atoms with E-state index in [-0.39, 0.29) is 11.4 Å². The van der Waals surface area contributed by atoms with Crippen molar-refractivity contribution in [2.75, 3.05) is 46.8 Å². The maximum Gasteiger partial charge on any atom is 0.317 e. The van der Waals surface area contributed by atoms with Gasteiger partial charge in [-0.1, -0.05) is 30.3 Å². The summed E-state index contributed by atoms with van der Waals surface area (Å²) in [5.74, 6) is 0. The maximum atomic E-state index is 12.2. The van der Waals surface area contributed by atoms with Gasteiger partial charge in [-0.25, -0.2) is 4.79 Å². The van der Waals surface area contributed by atoms with Crippen molar-refractivity contribution < 1.29 is 4.79 Å². The number of benzene rings is 1. The van der Waals surface area contributed by atoms with Gasteiger partial charge in [-0.05, 0) is 45.5 Å². The number of likely N-dealkylation sites (tertiary alicyclic amines) is 1. The molecule has 1 aromatic carbocycles. The molecule has 1 saturated heterocycles. The van der Waals surface area contributed by atoms with Crippen LogP contribution in [0.5, 0.6) is 0 Å². The zero-order valence-electron chi connectivity index (χ0n) is 14.4. The Kier molecular flexibility index (Phi) is 6.42. The van der Waals surface area contributed by atoms with E-state index in [1.165, 1.54) is 5.56 Å². The Morgan fingerprint density at radius 2 is 1.91 bits per heavy atom. The number of urea groups is 1. The predicted molar refractivity (Wildman–Crippen MR) is 94.6 cm³/mol. The molecule has 0 saturated carbocycles. The second-order valence-corrected chi connectivity index (χ2v) is 6.73. The first-order chi connectivity index (χ1) is 11.1. The Balaban J connectivity index is 1.84. The van der Waals surface area contributed by atoms with Gasteiger partial charge >= 0.3 is 6.03 Å². The largest absolute Gasteiger partial charge is 0.338 e. The number of carbonyl (C=O) groups excluding carboxylic acids is 1. The van der Waals surface area contributed by atoms with Crippen LogP contribution in [0.2, 0.25) is 0 Å². The quantitative estimate of drug-likeness (QED) is 0.784. The van der Waals surface area contributed by atoms with Crippen molar-refractivity contribution in [2.24, 2.45) is 5.73 Å². The van der Waals surface area contributed by atoms with E-state index in [0.717, 1.165) is 45.4 Å². The van der Waals surface area contributed by atoms with E-state index in [0.29, 0.717) is 6.54 Å². The van der Waals surface area contributed by atoms with E-state index < -0.39 is 0 Å². The molecule has 0 radical (unpaired) electrons. The van der Waals surface area contributed by atoms with Crippen LogP contribution in [-0.4, -0.2) is 62.7 Å². The highest BCUT2D eigenvalue weighted by Crippen LogP contribution is 2.34. The Morgan fingerprint density at radius 3 is 2.48 bits per heavy atom. The van der Waals surface area contributed by atoms with Gasteiger partial charge in [-0.2, -0.15) is 0 Å². The highest BCUT2D eigenvalue weighted by molar-refractivity contribution is 5.74. The molecule has 0 unspecified atom stereocenters. The zero-order chi connectivity index (χ0) is 16.7. The summed E-state index contributed by atoms with van der Waals surface area (Å²) < 4.78 is 0. The van der Waals surface area contributed by atoms with Crippen molar-refractivity contribution in [3.63, 3.8) is 0 Å². The van der Waals surface area contributed by atoms with Gasteiger partial charge in [0, 0.05) is 31.6 Å². The third-order valence-electron chi connectivity index (χ3n) is 4.84. The fourth-order valence-corrected chi connectivity index (χ4v) is 3.24. The van der Waals surface area contributed by atoms with Crippen LogP contribution < -0.4 is 11.1 Å². The van der Waals surface area contributed by atoms with E-state index >= 15 is 0 Å². The van der Waals surface area contributed by atoms with E-state index in [4.69, 9.17) is 5.73 Å². The highest BCUT2D eigenvalue weighted by Gasteiger charge is 2.36. The average molecular weight is 318 g/mol. The number of amides is 2. The number of hydrogen-bond acceptors (Lipinski definition) is 3. The molecule has 5 heteroatoms. The summed E-state index contributed by atoms with van der Waals surface area (Å²) in [6.07, 6.45) is 2.83. The standard InChI is InChI=1S/C18H30N4O/c1-21(2)12-6-11-20-17(23)22-13-9-18(15-19,10-14-22)16-7-4-3-5-8-16/h3-5,7-8H,6,9-15,19H2,1-2H3,(H,20,23). The van der Waals surface area contributed by atoms with Gasteiger partial charge in [0.1, 0.15) is 0 Å². The van der Waals surface area contributed by atoms with Gasteiger partial charge in [-0.3, -0.25) is 0 Å². The number of nitrogens with zero attached hydrogens (tertiary/aromatic N) is 2. The summed E-state index contributed by atoms with van der Waals surface area (Å²) in [6, 6.07) is 10.5. The van der Waals surface area contributed by atoms with Crippen molar-refractivity contribution in [1.29, 1.82) is 0 Å². The lowest BCUT2D eigenvalue weighted by atomic mass is 9.73. The van der Waals surface area contributed by atoms with Crippen LogP contribution in [0.25, 0.3) is 0 Å². The smallest absolute Gasteiger partial charge is 0.317 e. The van der Waals surface area contributed by atoms with Crippen LogP contribution in [0.3, 0.4) is 0 Å². The summed E-state index contributed by atoms with van der Waals surface area (Å²) in [5.41, 5.74) is 7.41. The van der Waals surface area contributed by atoms with Gasteiger partial charge in [0.15, 0.2) is 0 Å². The molecule has 1 fully saturated rings. The summed E-state index contributed by atoms with van der Waals surface area (Å²) in [6.45, 7) is 3.89. The van der Waals surface area contributed by atoms with Gasteiger partial charge in [0.05, 0.1) is 0 Å². The van der Waals surface area contributed by atoms with Crippen LogP contribution >= 0.6 is 0 Å². The average Bonchev–Trinajstić information content (AvgIpc) is 2.59. The van der Waals surface area contributed by atoms with E-state index in [1.54, 1.807) is 0 Å². The van der Waals surface area contributed by atoms with Crippen molar-refractivity contribution >= 4 is 6.03 Å². The van der Waals surface area contributed by atoms with Crippen LogP contribution in [0.15, 0.2) is 30.3 Å². The first-order valence-electron chi connectivity index (χ1n) is 8.50. The minimum atomic E-state index is 0.0168. The molecule has 5 nitrogen and oxygen atoms in total. The van der Waals surface area contributed by atoms with Crippen molar-refractivity contribution in [3.05, 3.63) is 35.9 Å². The molecule has 1 aliphatic heterocycles. The number of hydrogen-bond donors (Lipinski definition) is 2. The Labute approximate surface area is 139 Å². The summed E-state index contributed by atoms with van der Waals surface area (Å²) in [4.78, 5) is 16.3. The highest BCUT2D eigenvalue weighted by atomic mass is 16.2. The number of piperidine rings is 1. The van der Waals surface area contributed by atoms with E-state index in [9.17, 15) is 4.79 Å². The second-order valence-electron chi connectivity index (χ2n) is 6.73. The van der Waals surface area contributed by atoms with Crippen molar-refractivity contribution in [2.45, 2.75) is 24.7 Å². The lowest BCUT2D eigenvalue weighted by Crippen LogP contribution is -2.51. The topological polar surface area (TPSA) is 61.6 Å². The molecule has 23 heavy (non-hydrogen) atoms. The second kappa shape index (κ2) is 8.31. The van der Waals surface area contributed by atoms with Gasteiger partial charge in [0.2, 0.25) is 0 Å². The predicted octanol–water partition coefficient (Wildman–Crippen LogP) is 1.64. The fraction of sp³-hybridized carbons (Fsp3) is 0.611. The third kappa shape index (κ3) is 4.69. The lowest BCUT2D eigenvalue weighted by molar-refractivity contribution is 0.159. The Hall–Kier alpha value is -1.59. The lowest BCUT2D eigenvalue weighted by Gasteiger charge is -2.41. The number of carbonyl (C=O) groups is 1. The Bertz CT molecular complexity index is 481. The Morgan fingerprint density at radius 1 is 1.26 bits per heavy atom. The number of rotatable bonds is 6. The molecule has 2 rings (SSSR count). The van der Waals surface area contributed by atoms with E-state index in [2.05, 4.69) is 34.5 Å². The fourth-order valence-electron chi connectivity index (χ4n) is 3.24. The maximum absolute atomic E-state index is 12.2. The van der Waals surface area contributed by atoms with Crippen LogP contribution in [-0.2, 0) is 5.41 Å². The molecule has 0 bridgehead atoms. The van der Waals surface area contributed by atoms with Crippen LogP contribution in [0.1, 0.15) is 24.8 Å². The molecule has 1 aliphatic rings. The summed E-state index contributed by atoms with van der Waals surface area (Å²) in [7, 11) is 4.09. The monoisotopic (exact) mass is 318 g/mol. The molecule has 0 aromatic heterocycles. The number of nitrogens with two attached hydrogens (primary N) is 1. The van der Waals surface area contributed by atoms with E-state index in [1.807, 2.05) is 25.1 Å². The van der Waals surface area contributed by atoms with Crippen LogP contribution in [0, 0.1) is 0 Å². The van der Waals surface area contributed by atoms with Crippen molar-refractivity contribution in [3.8, 4) is 0 Å². The molecule has 2 amide bonds. The minimum Gasteiger partial charge on any atom is -0.338 e. The SMILES string of the molecule is CN(C)CCCNC(=O)N1CCC(CN)(c2ccccc2)CC1. The molecule has 3 N–H and O–H groups in total. The molecule has 0 aliphatic carbocycles. The molecule has 1 aromatic rings. The molecular formula is C18H30N4O. The molecule has 128 valence electrons. The third-order valence-corrected chi connectivity index (χ3v) is 4.84. The molecule has 0 atom stereocenters. The normalized spacial score (nSPS) is 17.3. The first-order valence-corrected chi connectivity index (χ1v) is 8.50. The summed E-state index contributed by atoms with van der Waals surface area (Å²) >= 11 is 0. The molecule has 1 heterocycles.